The van der Waals surface area contributed by atoms with Crippen molar-refractivity contribution < 1.29 is 76.3 Å². The summed E-state index contributed by atoms with van der Waals surface area (Å²) in [7, 11) is 0. The molecular weight excluding hydrogens is 1180 g/mol. The molecule has 0 unspecified atom stereocenters. The van der Waals surface area contributed by atoms with Gasteiger partial charge in [0.25, 0.3) is 0 Å². The van der Waals surface area contributed by atoms with Gasteiger partial charge in [0.1, 0.15) is 48.8 Å². The molecule has 92 heavy (non-hydrogen) atoms. The molecule has 1 heterocycles. The monoisotopic (exact) mass is 1310 g/mol. The third-order valence-electron chi connectivity index (χ3n) is 16.0. The number of esters is 4. The minimum absolute atomic E-state index is 0.0827. The Bertz CT molecular complexity index is 1790. The van der Waals surface area contributed by atoms with Gasteiger partial charge in [0.2, 0.25) is 0 Å². The molecule has 1 aliphatic heterocycles. The molecule has 0 bridgehead atoms. The summed E-state index contributed by atoms with van der Waals surface area (Å²) in [6, 6.07) is -0.503. The summed E-state index contributed by atoms with van der Waals surface area (Å²) in [5, 5.41) is 0. The Morgan fingerprint density at radius 1 is 0.283 bits per heavy atom. The number of rotatable bonds is 0. The zero-order valence-electron chi connectivity index (χ0n) is 60.9. The lowest BCUT2D eigenvalue weighted by Crippen LogP contribution is -2.44. The number of hydrogen-bond acceptors (Lipinski definition) is 16. The lowest BCUT2D eigenvalue weighted by Gasteiger charge is -2.31. The SMILES string of the molecule is C[C@@H]1CCCCCCCCC(=O)OCCN(C(=O)OC(C)(C)C)[C@H](C)CCCCCCCCC(=O)OCCN(C(=O)OC(C)(C)C)[C@H](C)CCCCCCCCC(=O)OCCN(C(=O)OC(C)(C)C)[C@H](C)CCCCCCCCC(=O)OCCN1C(=O)OC(C)(C)C. The molecular formula is C72H132N4O16. The molecule has 0 aromatic rings. The van der Waals surface area contributed by atoms with Crippen LogP contribution in [-0.2, 0) is 57.1 Å². The van der Waals surface area contributed by atoms with Crippen molar-refractivity contribution >= 4 is 48.3 Å². The van der Waals surface area contributed by atoms with Crippen molar-refractivity contribution in [3.8, 4) is 0 Å². The van der Waals surface area contributed by atoms with Crippen LogP contribution in [0.1, 0.15) is 316 Å². The number of carbonyl (C=O) groups excluding carboxylic acids is 8. The topological polar surface area (TPSA) is 223 Å². The summed E-state index contributed by atoms with van der Waals surface area (Å²) in [6.45, 7) is 31.3. The van der Waals surface area contributed by atoms with E-state index in [2.05, 4.69) is 0 Å². The van der Waals surface area contributed by atoms with Crippen molar-refractivity contribution in [2.45, 2.75) is 363 Å². The highest BCUT2D eigenvalue weighted by Crippen LogP contribution is 2.23. The molecule has 0 aromatic carbocycles. The number of carbonyl (C=O) groups is 8. The van der Waals surface area contributed by atoms with E-state index in [0.29, 0.717) is 51.4 Å². The van der Waals surface area contributed by atoms with Crippen LogP contribution in [0.3, 0.4) is 0 Å². The second-order valence-electron chi connectivity index (χ2n) is 29.6. The third kappa shape index (κ3) is 45.3. The van der Waals surface area contributed by atoms with Gasteiger partial charge in [-0.15, -0.1) is 0 Å². The maximum atomic E-state index is 13.3. The Morgan fingerprint density at radius 2 is 0.435 bits per heavy atom. The van der Waals surface area contributed by atoms with Crippen molar-refractivity contribution in [2.24, 2.45) is 0 Å². The van der Waals surface area contributed by atoms with Gasteiger partial charge in [-0.05, 0) is 162 Å². The number of ether oxygens (including phenoxy) is 8. The van der Waals surface area contributed by atoms with E-state index in [9.17, 15) is 38.4 Å². The average molecular weight is 1310 g/mol. The Hall–Kier alpha value is -5.04. The molecule has 1 aliphatic rings. The molecule has 0 aromatic heterocycles. The van der Waals surface area contributed by atoms with E-state index >= 15 is 0 Å². The molecule has 1 rings (SSSR count). The summed E-state index contributed by atoms with van der Waals surface area (Å²) in [5.74, 6) is -1.15. The zero-order valence-corrected chi connectivity index (χ0v) is 60.9. The first kappa shape index (κ1) is 85.0. The van der Waals surface area contributed by atoms with Gasteiger partial charge in [0.05, 0.1) is 26.2 Å². The van der Waals surface area contributed by atoms with E-state index in [-0.39, 0.29) is 101 Å². The Kier molecular flexibility index (Phi) is 43.4. The predicted molar refractivity (Wildman–Crippen MR) is 361 cm³/mol. The maximum Gasteiger partial charge on any atom is 0.410 e. The van der Waals surface area contributed by atoms with E-state index in [1.165, 1.54) is 0 Å². The molecule has 0 spiro atoms. The molecule has 0 radical (unpaired) electrons. The molecule has 1 saturated heterocycles. The zero-order chi connectivity index (χ0) is 69.2. The van der Waals surface area contributed by atoms with Crippen molar-refractivity contribution in [2.75, 3.05) is 52.6 Å². The third-order valence-corrected chi connectivity index (χ3v) is 16.0. The quantitative estimate of drug-likeness (QED) is 0.162. The normalized spacial score (nSPS) is 22.9. The molecule has 4 atom stereocenters. The van der Waals surface area contributed by atoms with Crippen molar-refractivity contribution in [1.82, 2.24) is 19.6 Å². The smallest absolute Gasteiger partial charge is 0.410 e. The highest BCUT2D eigenvalue weighted by Gasteiger charge is 2.30. The minimum atomic E-state index is -0.680. The standard InChI is InChI=1S/C72H132N4O16/c1-57-41-33-25-17-21-29-37-46-62(78)86-54-50-74(66(82)90-70(8,9)10)59(3)43-35-27-19-23-31-39-48-64(80)88-56-52-76(68(84)92-72(14,15)16)60(4)44-36-28-20-24-32-40-47-63(79)87-55-51-75(67(83)91-71(11,12)13)58(2)42-34-26-18-22-30-38-45-61(77)85-53-49-73(57)65(81)89-69(5,6)7/h57-60H,17-56H2,1-16H3/t57-,58-,59-,60-/m1/s1. The van der Waals surface area contributed by atoms with Crippen LogP contribution in [0.4, 0.5) is 19.2 Å². The van der Waals surface area contributed by atoms with Crippen LogP contribution in [0.25, 0.3) is 0 Å². The molecule has 20 nitrogen and oxygen atoms in total. The van der Waals surface area contributed by atoms with Gasteiger partial charge >= 0.3 is 48.3 Å². The molecule has 536 valence electrons. The molecule has 0 saturated carbocycles. The van der Waals surface area contributed by atoms with Crippen LogP contribution in [0.2, 0.25) is 0 Å². The van der Waals surface area contributed by atoms with Gasteiger partial charge in [-0.2, -0.15) is 0 Å². The summed E-state index contributed by atoms with van der Waals surface area (Å²) in [6.07, 6.45) is 24.1. The number of cyclic esters (lactones) is 4. The Balaban J connectivity index is 2.97. The highest BCUT2D eigenvalue weighted by atomic mass is 16.6. The van der Waals surface area contributed by atoms with E-state index in [1.807, 2.05) is 111 Å². The van der Waals surface area contributed by atoms with Gasteiger partial charge in [-0.3, -0.25) is 19.2 Å². The van der Waals surface area contributed by atoms with Crippen molar-refractivity contribution in [1.29, 1.82) is 0 Å². The Morgan fingerprint density at radius 3 is 0.598 bits per heavy atom. The minimum Gasteiger partial charge on any atom is -0.464 e. The lowest BCUT2D eigenvalue weighted by molar-refractivity contribution is -0.145. The van der Waals surface area contributed by atoms with Gasteiger partial charge in [0, 0.05) is 49.9 Å². The van der Waals surface area contributed by atoms with Crippen LogP contribution in [0.5, 0.6) is 0 Å². The van der Waals surface area contributed by atoms with Crippen LogP contribution < -0.4 is 0 Å². The van der Waals surface area contributed by atoms with Gasteiger partial charge in [-0.1, -0.05) is 128 Å². The molecule has 0 aliphatic carbocycles. The second kappa shape index (κ2) is 46.9. The van der Waals surface area contributed by atoms with Crippen LogP contribution in [0.15, 0.2) is 0 Å². The van der Waals surface area contributed by atoms with Crippen LogP contribution in [-0.4, -0.2) is 167 Å². The van der Waals surface area contributed by atoms with E-state index in [4.69, 9.17) is 37.9 Å². The summed E-state index contributed by atoms with van der Waals surface area (Å²) >= 11 is 0. The average Bonchev–Trinajstić information content (AvgIpc) is 1.09. The van der Waals surface area contributed by atoms with E-state index in [1.54, 1.807) is 19.6 Å². The van der Waals surface area contributed by atoms with Crippen LogP contribution >= 0.6 is 0 Å². The first-order chi connectivity index (χ1) is 43.2. The molecule has 0 N–H and O–H groups in total. The molecule has 20 heteroatoms. The fourth-order valence-corrected chi connectivity index (χ4v) is 10.9. The molecule has 1 fully saturated rings. The van der Waals surface area contributed by atoms with Crippen molar-refractivity contribution in [3.05, 3.63) is 0 Å². The van der Waals surface area contributed by atoms with Crippen LogP contribution in [0, 0.1) is 0 Å². The largest absolute Gasteiger partial charge is 0.464 e. The van der Waals surface area contributed by atoms with Crippen molar-refractivity contribution in [3.63, 3.8) is 0 Å². The number of hydrogen-bond donors (Lipinski definition) is 0. The Labute approximate surface area is 557 Å². The fraction of sp³-hybridized carbons (Fsp3) is 0.889. The first-order valence-corrected chi connectivity index (χ1v) is 35.8. The van der Waals surface area contributed by atoms with E-state index < -0.39 is 46.8 Å². The molecule has 4 amide bonds. The predicted octanol–water partition coefficient (Wildman–Crippen LogP) is 17.2. The maximum absolute atomic E-state index is 13.3. The first-order valence-electron chi connectivity index (χ1n) is 35.8. The number of nitrogens with zero attached hydrogens (tertiary/aromatic N) is 4. The summed E-state index contributed by atoms with van der Waals surface area (Å²) < 4.78 is 45.5. The summed E-state index contributed by atoms with van der Waals surface area (Å²) in [5.41, 5.74) is -2.72. The second-order valence-corrected chi connectivity index (χ2v) is 29.6. The number of amides is 4. The van der Waals surface area contributed by atoms with E-state index in [0.717, 1.165) is 154 Å². The fourth-order valence-electron chi connectivity index (χ4n) is 10.9. The van der Waals surface area contributed by atoms with Gasteiger partial charge < -0.3 is 57.5 Å². The highest BCUT2D eigenvalue weighted by molar-refractivity contribution is 5.72. The summed E-state index contributed by atoms with van der Waals surface area (Å²) in [4.78, 5) is 111. The lowest BCUT2D eigenvalue weighted by atomic mass is 10.0. The van der Waals surface area contributed by atoms with Gasteiger partial charge in [-0.25, -0.2) is 19.2 Å². The van der Waals surface area contributed by atoms with Gasteiger partial charge in [0.15, 0.2) is 0 Å².